The van der Waals surface area contributed by atoms with Crippen LogP contribution in [0.4, 0.5) is 0 Å². The van der Waals surface area contributed by atoms with Gasteiger partial charge in [-0.25, -0.2) is 0 Å². The van der Waals surface area contributed by atoms with Crippen molar-refractivity contribution in [3.63, 3.8) is 0 Å². The first-order chi connectivity index (χ1) is 10.1. The largest absolute Gasteiger partial charge is 0.468 e. The first-order valence-corrected chi connectivity index (χ1v) is 6.99. The zero-order valence-corrected chi connectivity index (χ0v) is 12.6. The summed E-state index contributed by atoms with van der Waals surface area (Å²) in [6.07, 6.45) is 3.35. The normalized spacial score (nSPS) is 17.0. The number of carbonyl (C=O) groups excluding carboxylic acids is 2. The molecule has 21 heavy (non-hydrogen) atoms. The molecule has 112 valence electrons. The number of ether oxygens (including phenoxy) is 2. The summed E-state index contributed by atoms with van der Waals surface area (Å²) in [5, 5.41) is 0. The van der Waals surface area contributed by atoms with Crippen molar-refractivity contribution in [2.45, 2.75) is 19.8 Å². The van der Waals surface area contributed by atoms with E-state index in [1.807, 2.05) is 12.1 Å². The molecule has 0 saturated heterocycles. The van der Waals surface area contributed by atoms with Crippen LogP contribution in [-0.4, -0.2) is 26.2 Å². The average Bonchev–Trinajstić information content (AvgIpc) is 2.51. The highest BCUT2D eigenvalue weighted by atomic mass is 16.5. The van der Waals surface area contributed by atoms with Crippen LogP contribution in [-0.2, 0) is 25.5 Å². The highest BCUT2D eigenvalue weighted by Crippen LogP contribution is 2.32. The number of carbonyl (C=O) groups is 2. The van der Waals surface area contributed by atoms with Crippen LogP contribution in [0.5, 0.6) is 0 Å². The number of hydrogen-bond acceptors (Lipinski definition) is 4. The Morgan fingerprint density at radius 2 is 1.81 bits per heavy atom. The third-order valence-electron chi connectivity index (χ3n) is 3.92. The van der Waals surface area contributed by atoms with Gasteiger partial charge in [-0.1, -0.05) is 30.3 Å². The molecule has 0 radical (unpaired) electrons. The predicted molar refractivity (Wildman–Crippen MR) is 79.4 cm³/mol. The lowest BCUT2D eigenvalue weighted by atomic mass is 9.81. The van der Waals surface area contributed by atoms with Crippen molar-refractivity contribution in [2.24, 2.45) is 11.8 Å². The zero-order valence-electron chi connectivity index (χ0n) is 12.6. The highest BCUT2D eigenvalue weighted by molar-refractivity contribution is 5.94. The lowest BCUT2D eigenvalue weighted by Crippen LogP contribution is -2.29. The smallest absolute Gasteiger partial charge is 0.320 e. The van der Waals surface area contributed by atoms with Gasteiger partial charge in [-0.3, -0.25) is 9.59 Å². The standard InChI is InChI=1S/C17H20O4/c1-11-8-12(9-13-6-4-5-7-14(11)13)10-15(16(18)20-2)17(19)21-3/h4-8,12,15H,9-10H2,1-3H3. The van der Waals surface area contributed by atoms with Crippen LogP contribution in [0.25, 0.3) is 5.57 Å². The van der Waals surface area contributed by atoms with Crippen LogP contribution < -0.4 is 0 Å². The summed E-state index contributed by atoms with van der Waals surface area (Å²) in [5.74, 6) is -1.80. The molecule has 0 fully saturated rings. The summed E-state index contributed by atoms with van der Waals surface area (Å²) in [5.41, 5.74) is 3.66. The maximum Gasteiger partial charge on any atom is 0.320 e. The van der Waals surface area contributed by atoms with Gasteiger partial charge in [-0.2, -0.15) is 0 Å². The molecule has 0 N–H and O–H groups in total. The van der Waals surface area contributed by atoms with Gasteiger partial charge in [-0.15, -0.1) is 0 Å². The Balaban J connectivity index is 2.18. The lowest BCUT2D eigenvalue weighted by molar-refractivity contribution is -0.159. The summed E-state index contributed by atoms with van der Waals surface area (Å²) in [7, 11) is 2.57. The van der Waals surface area contributed by atoms with E-state index < -0.39 is 17.9 Å². The van der Waals surface area contributed by atoms with Crippen LogP contribution >= 0.6 is 0 Å². The maximum atomic E-state index is 11.8. The van der Waals surface area contributed by atoms with Gasteiger partial charge in [0.15, 0.2) is 5.92 Å². The van der Waals surface area contributed by atoms with Gasteiger partial charge in [0.05, 0.1) is 14.2 Å². The Labute approximate surface area is 124 Å². The SMILES string of the molecule is COC(=O)C(CC1C=C(C)c2ccccc2C1)C(=O)OC. The molecule has 0 heterocycles. The number of methoxy groups -OCH3 is 2. The molecule has 0 bridgehead atoms. The number of allylic oxidation sites excluding steroid dienone is 2. The van der Waals surface area contributed by atoms with Gasteiger partial charge < -0.3 is 9.47 Å². The van der Waals surface area contributed by atoms with E-state index in [1.54, 1.807) is 0 Å². The second kappa shape index (κ2) is 6.57. The first kappa shape index (κ1) is 15.3. The third kappa shape index (κ3) is 3.32. The summed E-state index contributed by atoms with van der Waals surface area (Å²) in [4.78, 5) is 23.5. The Hall–Kier alpha value is -2.10. The Morgan fingerprint density at radius 3 is 2.43 bits per heavy atom. The van der Waals surface area contributed by atoms with Gasteiger partial charge in [0.25, 0.3) is 0 Å². The third-order valence-corrected chi connectivity index (χ3v) is 3.92. The van der Waals surface area contributed by atoms with Crippen LogP contribution in [0.1, 0.15) is 24.5 Å². The van der Waals surface area contributed by atoms with Gasteiger partial charge in [0, 0.05) is 0 Å². The minimum Gasteiger partial charge on any atom is -0.468 e. The Morgan fingerprint density at radius 1 is 1.19 bits per heavy atom. The topological polar surface area (TPSA) is 52.6 Å². The predicted octanol–water partition coefficient (Wildman–Crippen LogP) is 2.61. The monoisotopic (exact) mass is 288 g/mol. The Bertz CT molecular complexity index is 558. The summed E-state index contributed by atoms with van der Waals surface area (Å²) >= 11 is 0. The van der Waals surface area contributed by atoms with E-state index in [1.165, 1.54) is 30.9 Å². The number of benzene rings is 1. The van der Waals surface area contributed by atoms with Crippen molar-refractivity contribution >= 4 is 17.5 Å². The summed E-state index contributed by atoms with van der Waals surface area (Å²) in [6, 6.07) is 8.20. The van der Waals surface area contributed by atoms with Crippen molar-refractivity contribution in [3.8, 4) is 0 Å². The van der Waals surface area contributed by atoms with Crippen molar-refractivity contribution in [1.82, 2.24) is 0 Å². The molecule has 4 nitrogen and oxygen atoms in total. The molecule has 1 aliphatic rings. The fraction of sp³-hybridized carbons (Fsp3) is 0.412. The van der Waals surface area contributed by atoms with Crippen LogP contribution in [0.15, 0.2) is 30.3 Å². The van der Waals surface area contributed by atoms with Crippen molar-refractivity contribution in [2.75, 3.05) is 14.2 Å². The molecule has 1 unspecified atom stereocenters. The molecular formula is C17H20O4. The number of fused-ring (bicyclic) bond motifs is 1. The van der Waals surface area contributed by atoms with Gasteiger partial charge in [0.1, 0.15) is 0 Å². The number of rotatable bonds is 4. The van der Waals surface area contributed by atoms with E-state index in [2.05, 4.69) is 25.1 Å². The zero-order chi connectivity index (χ0) is 15.4. The molecular weight excluding hydrogens is 268 g/mol. The molecule has 0 amide bonds. The fourth-order valence-electron chi connectivity index (χ4n) is 2.90. The molecule has 1 atom stereocenters. The van der Waals surface area contributed by atoms with Crippen LogP contribution in [0.3, 0.4) is 0 Å². The minimum absolute atomic E-state index is 0.128. The quantitative estimate of drug-likeness (QED) is 0.631. The van der Waals surface area contributed by atoms with E-state index >= 15 is 0 Å². The van der Waals surface area contributed by atoms with E-state index in [0.717, 1.165) is 6.42 Å². The maximum absolute atomic E-state index is 11.8. The van der Waals surface area contributed by atoms with Crippen molar-refractivity contribution < 1.29 is 19.1 Å². The fourth-order valence-corrected chi connectivity index (χ4v) is 2.90. The molecule has 2 rings (SSSR count). The molecule has 1 aromatic rings. The second-order valence-electron chi connectivity index (χ2n) is 5.31. The summed E-state index contributed by atoms with van der Waals surface area (Å²) in [6.45, 7) is 2.05. The first-order valence-electron chi connectivity index (χ1n) is 6.99. The van der Waals surface area contributed by atoms with E-state index in [-0.39, 0.29) is 5.92 Å². The van der Waals surface area contributed by atoms with Crippen molar-refractivity contribution in [1.29, 1.82) is 0 Å². The highest BCUT2D eigenvalue weighted by Gasteiger charge is 2.32. The van der Waals surface area contributed by atoms with Crippen LogP contribution in [0.2, 0.25) is 0 Å². The van der Waals surface area contributed by atoms with Crippen molar-refractivity contribution in [3.05, 3.63) is 41.5 Å². The number of hydrogen-bond donors (Lipinski definition) is 0. The van der Waals surface area contributed by atoms with Crippen LogP contribution in [0, 0.1) is 11.8 Å². The van der Waals surface area contributed by atoms with Gasteiger partial charge in [0.2, 0.25) is 0 Å². The Kier molecular flexibility index (Phi) is 4.78. The summed E-state index contributed by atoms with van der Waals surface area (Å²) < 4.78 is 9.43. The lowest BCUT2D eigenvalue weighted by Gasteiger charge is -2.24. The average molecular weight is 288 g/mol. The molecule has 0 aromatic heterocycles. The second-order valence-corrected chi connectivity index (χ2v) is 5.31. The van der Waals surface area contributed by atoms with Gasteiger partial charge in [-0.05, 0) is 42.4 Å². The van der Waals surface area contributed by atoms with Gasteiger partial charge >= 0.3 is 11.9 Å². The molecule has 0 aliphatic heterocycles. The molecule has 1 aliphatic carbocycles. The van der Waals surface area contributed by atoms with E-state index in [0.29, 0.717) is 6.42 Å². The molecule has 0 spiro atoms. The van der Waals surface area contributed by atoms with E-state index in [9.17, 15) is 9.59 Å². The minimum atomic E-state index is -0.862. The molecule has 0 saturated carbocycles. The molecule has 1 aromatic carbocycles. The number of esters is 2. The van der Waals surface area contributed by atoms with E-state index in [4.69, 9.17) is 9.47 Å². The molecule has 4 heteroatoms.